The van der Waals surface area contributed by atoms with E-state index in [0.29, 0.717) is 5.92 Å². The highest BCUT2D eigenvalue weighted by Crippen LogP contribution is 2.28. The molecule has 1 aliphatic carbocycles. The maximum Gasteiger partial charge on any atom is 0.223 e. The largest absolute Gasteiger partial charge is 0.356 e. The Morgan fingerprint density at radius 1 is 1.18 bits per heavy atom. The molecular formula is C13H25N3O. The number of nitrogens with one attached hydrogen (secondary N) is 1. The Bertz CT molecular complexity index is 245. The van der Waals surface area contributed by atoms with Gasteiger partial charge in [-0.05, 0) is 32.4 Å². The first kappa shape index (κ1) is 12.8. The lowest BCUT2D eigenvalue weighted by atomic mass is 10.3. The van der Waals surface area contributed by atoms with E-state index >= 15 is 0 Å². The van der Waals surface area contributed by atoms with E-state index in [2.05, 4.69) is 22.0 Å². The van der Waals surface area contributed by atoms with Gasteiger partial charge in [-0.25, -0.2) is 0 Å². The zero-order chi connectivity index (χ0) is 12.1. The standard InChI is InChI=1S/C13H25N3O/c1-2-15-8-10-16(11-9-15)7-3-6-14-13(17)12-4-5-12/h12H,2-11H2,1H3,(H,14,17). The lowest BCUT2D eigenvalue weighted by Crippen LogP contribution is -2.46. The Hall–Kier alpha value is -0.610. The summed E-state index contributed by atoms with van der Waals surface area (Å²) in [7, 11) is 0. The van der Waals surface area contributed by atoms with Crippen molar-refractivity contribution in [1.82, 2.24) is 15.1 Å². The molecule has 2 fully saturated rings. The van der Waals surface area contributed by atoms with Crippen molar-refractivity contribution in [3.05, 3.63) is 0 Å². The molecule has 4 nitrogen and oxygen atoms in total. The maximum atomic E-state index is 11.4. The molecule has 0 atom stereocenters. The van der Waals surface area contributed by atoms with Crippen molar-refractivity contribution >= 4 is 5.91 Å². The number of hydrogen-bond donors (Lipinski definition) is 1. The highest BCUT2D eigenvalue weighted by atomic mass is 16.2. The molecule has 1 heterocycles. The van der Waals surface area contributed by atoms with Crippen LogP contribution in [0.1, 0.15) is 26.2 Å². The number of rotatable bonds is 6. The van der Waals surface area contributed by atoms with Crippen LogP contribution in [0, 0.1) is 5.92 Å². The molecule has 2 aliphatic rings. The predicted octanol–water partition coefficient (Wildman–Crippen LogP) is 0.540. The first-order chi connectivity index (χ1) is 8.29. The van der Waals surface area contributed by atoms with Crippen molar-refractivity contribution in [1.29, 1.82) is 0 Å². The van der Waals surface area contributed by atoms with E-state index in [9.17, 15) is 4.79 Å². The summed E-state index contributed by atoms with van der Waals surface area (Å²) in [6.07, 6.45) is 3.29. The summed E-state index contributed by atoms with van der Waals surface area (Å²) in [5.74, 6) is 0.629. The summed E-state index contributed by atoms with van der Waals surface area (Å²) in [5.41, 5.74) is 0. The average molecular weight is 239 g/mol. The topological polar surface area (TPSA) is 35.6 Å². The molecule has 0 unspecified atom stereocenters. The lowest BCUT2D eigenvalue weighted by molar-refractivity contribution is -0.122. The minimum atomic E-state index is 0.279. The van der Waals surface area contributed by atoms with E-state index in [4.69, 9.17) is 0 Å². The monoisotopic (exact) mass is 239 g/mol. The van der Waals surface area contributed by atoms with Gasteiger partial charge in [0.1, 0.15) is 0 Å². The number of nitrogens with zero attached hydrogens (tertiary/aromatic N) is 2. The number of carbonyl (C=O) groups excluding carboxylic acids is 1. The third kappa shape index (κ3) is 4.28. The van der Waals surface area contributed by atoms with Crippen LogP contribution in [0.25, 0.3) is 0 Å². The summed E-state index contributed by atoms with van der Waals surface area (Å²) < 4.78 is 0. The maximum absolute atomic E-state index is 11.4. The first-order valence-corrected chi connectivity index (χ1v) is 7.02. The normalized spacial score (nSPS) is 22.6. The van der Waals surface area contributed by atoms with Crippen molar-refractivity contribution in [2.75, 3.05) is 45.8 Å². The van der Waals surface area contributed by atoms with E-state index in [1.807, 2.05) is 0 Å². The molecule has 0 aromatic rings. The van der Waals surface area contributed by atoms with Crippen molar-refractivity contribution in [2.24, 2.45) is 5.92 Å². The van der Waals surface area contributed by atoms with Gasteiger partial charge in [0.2, 0.25) is 5.91 Å². The Labute approximate surface area is 104 Å². The fraction of sp³-hybridized carbons (Fsp3) is 0.923. The van der Waals surface area contributed by atoms with E-state index < -0.39 is 0 Å². The van der Waals surface area contributed by atoms with Gasteiger partial charge in [0.25, 0.3) is 0 Å². The molecule has 0 radical (unpaired) electrons. The zero-order valence-electron chi connectivity index (χ0n) is 11.0. The zero-order valence-corrected chi connectivity index (χ0v) is 11.0. The SMILES string of the molecule is CCN1CCN(CCCNC(=O)C2CC2)CC1. The lowest BCUT2D eigenvalue weighted by Gasteiger charge is -2.33. The molecule has 98 valence electrons. The van der Waals surface area contributed by atoms with Crippen molar-refractivity contribution < 1.29 is 4.79 Å². The van der Waals surface area contributed by atoms with Gasteiger partial charge < -0.3 is 15.1 Å². The van der Waals surface area contributed by atoms with E-state index in [1.165, 1.54) is 32.7 Å². The summed E-state index contributed by atoms with van der Waals surface area (Å²) in [6.45, 7) is 10.1. The smallest absolute Gasteiger partial charge is 0.223 e. The quantitative estimate of drug-likeness (QED) is 0.687. The van der Waals surface area contributed by atoms with Gasteiger partial charge in [-0.2, -0.15) is 0 Å². The molecule has 1 saturated carbocycles. The fourth-order valence-electron chi connectivity index (χ4n) is 2.33. The molecular weight excluding hydrogens is 214 g/mol. The molecule has 1 amide bonds. The van der Waals surface area contributed by atoms with Crippen molar-refractivity contribution in [3.63, 3.8) is 0 Å². The van der Waals surface area contributed by atoms with Crippen LogP contribution in [0.5, 0.6) is 0 Å². The molecule has 1 N–H and O–H groups in total. The summed E-state index contributed by atoms with van der Waals surface area (Å²) >= 11 is 0. The first-order valence-electron chi connectivity index (χ1n) is 7.02. The number of hydrogen-bond acceptors (Lipinski definition) is 3. The predicted molar refractivity (Wildman–Crippen MR) is 68.9 cm³/mol. The third-order valence-electron chi connectivity index (χ3n) is 3.81. The number of amides is 1. The summed E-state index contributed by atoms with van der Waals surface area (Å²) in [4.78, 5) is 16.4. The molecule has 0 aromatic carbocycles. The minimum absolute atomic E-state index is 0.279. The number of carbonyl (C=O) groups is 1. The van der Waals surface area contributed by atoms with Crippen molar-refractivity contribution in [2.45, 2.75) is 26.2 Å². The number of likely N-dealkylation sites (N-methyl/N-ethyl adjacent to an activating group) is 1. The second-order valence-electron chi connectivity index (χ2n) is 5.19. The van der Waals surface area contributed by atoms with Crippen LogP contribution in [-0.2, 0) is 4.79 Å². The van der Waals surface area contributed by atoms with Gasteiger partial charge in [0.15, 0.2) is 0 Å². The Morgan fingerprint density at radius 2 is 1.82 bits per heavy atom. The molecule has 2 rings (SSSR count). The van der Waals surface area contributed by atoms with Crippen LogP contribution in [0.15, 0.2) is 0 Å². The average Bonchev–Trinajstić information content (AvgIpc) is 3.19. The highest BCUT2D eigenvalue weighted by molar-refractivity contribution is 5.80. The Kier molecular flexibility index (Phi) is 4.80. The summed E-state index contributed by atoms with van der Waals surface area (Å²) in [6, 6.07) is 0. The molecule has 17 heavy (non-hydrogen) atoms. The van der Waals surface area contributed by atoms with E-state index in [1.54, 1.807) is 0 Å². The fourth-order valence-corrected chi connectivity index (χ4v) is 2.33. The van der Waals surface area contributed by atoms with Gasteiger partial charge in [-0.15, -0.1) is 0 Å². The third-order valence-corrected chi connectivity index (χ3v) is 3.81. The van der Waals surface area contributed by atoms with E-state index in [0.717, 1.165) is 32.4 Å². The van der Waals surface area contributed by atoms with Gasteiger partial charge in [0, 0.05) is 38.6 Å². The van der Waals surface area contributed by atoms with Gasteiger partial charge in [-0.1, -0.05) is 6.92 Å². The molecule has 1 saturated heterocycles. The van der Waals surface area contributed by atoms with Crippen LogP contribution in [0.2, 0.25) is 0 Å². The van der Waals surface area contributed by atoms with E-state index in [-0.39, 0.29) is 5.91 Å². The second-order valence-corrected chi connectivity index (χ2v) is 5.19. The van der Waals surface area contributed by atoms with Gasteiger partial charge in [0.05, 0.1) is 0 Å². The van der Waals surface area contributed by atoms with Crippen LogP contribution >= 0.6 is 0 Å². The Morgan fingerprint density at radius 3 is 2.41 bits per heavy atom. The molecule has 0 bridgehead atoms. The van der Waals surface area contributed by atoms with Crippen molar-refractivity contribution in [3.8, 4) is 0 Å². The van der Waals surface area contributed by atoms with Crippen LogP contribution in [0.3, 0.4) is 0 Å². The highest BCUT2D eigenvalue weighted by Gasteiger charge is 2.29. The van der Waals surface area contributed by atoms with Crippen LogP contribution in [-0.4, -0.2) is 61.5 Å². The second kappa shape index (κ2) is 6.36. The molecule has 0 aromatic heterocycles. The van der Waals surface area contributed by atoms with Crippen LogP contribution in [0.4, 0.5) is 0 Å². The van der Waals surface area contributed by atoms with Gasteiger partial charge in [-0.3, -0.25) is 4.79 Å². The molecule has 4 heteroatoms. The minimum Gasteiger partial charge on any atom is -0.356 e. The Balaban J connectivity index is 1.49. The summed E-state index contributed by atoms with van der Waals surface area (Å²) in [5, 5.41) is 3.03. The van der Waals surface area contributed by atoms with Crippen LogP contribution < -0.4 is 5.32 Å². The number of piperazine rings is 1. The van der Waals surface area contributed by atoms with Gasteiger partial charge >= 0.3 is 0 Å². The molecule has 1 aliphatic heterocycles. The molecule has 0 spiro atoms.